The summed E-state index contributed by atoms with van der Waals surface area (Å²) in [5.74, 6) is 0.863. The summed E-state index contributed by atoms with van der Waals surface area (Å²) in [5.41, 5.74) is 1.88. The van der Waals surface area contributed by atoms with Crippen molar-refractivity contribution in [2.75, 3.05) is 31.2 Å². The molecule has 1 atom stereocenters. The van der Waals surface area contributed by atoms with Crippen molar-refractivity contribution in [2.24, 2.45) is 5.92 Å². The van der Waals surface area contributed by atoms with Gasteiger partial charge in [-0.3, -0.25) is 9.59 Å². The van der Waals surface area contributed by atoms with Crippen LogP contribution in [0.5, 0.6) is 11.5 Å². The first-order valence-corrected chi connectivity index (χ1v) is 9.58. The molecule has 1 aliphatic rings. The zero-order chi connectivity index (χ0) is 19.9. The minimum Gasteiger partial charge on any atom is -0.492 e. The number of nitrogens with one attached hydrogen (secondary N) is 1. The molecular formula is C22H26N2O4. The average Bonchev–Trinajstić information content (AvgIpc) is 3.09. The van der Waals surface area contributed by atoms with E-state index in [2.05, 4.69) is 5.32 Å². The van der Waals surface area contributed by atoms with Crippen LogP contribution < -0.4 is 19.7 Å². The van der Waals surface area contributed by atoms with Crippen LogP contribution in [0.3, 0.4) is 0 Å². The number of carbonyl (C=O) groups is 2. The zero-order valence-electron chi connectivity index (χ0n) is 16.3. The molecule has 0 aromatic heterocycles. The quantitative estimate of drug-likeness (QED) is 0.713. The van der Waals surface area contributed by atoms with Gasteiger partial charge in [-0.05, 0) is 38.1 Å². The standard InChI is InChI=1S/C22H26N2O4/c1-3-27-20-7-5-4-6-19(20)24-15-17(14-21(24)25)22(26)23-12-13-28-18-10-8-16(2)9-11-18/h4-11,17H,3,12-15H2,1-2H3,(H,23,26)/t17-/m1/s1. The van der Waals surface area contributed by atoms with E-state index in [0.29, 0.717) is 37.7 Å². The van der Waals surface area contributed by atoms with E-state index >= 15 is 0 Å². The Kier molecular flexibility index (Phi) is 6.53. The number of ether oxygens (including phenoxy) is 2. The fraction of sp³-hybridized carbons (Fsp3) is 0.364. The van der Waals surface area contributed by atoms with Gasteiger partial charge < -0.3 is 19.7 Å². The Morgan fingerprint density at radius 2 is 1.89 bits per heavy atom. The third-order valence-electron chi connectivity index (χ3n) is 4.64. The molecule has 0 radical (unpaired) electrons. The Morgan fingerprint density at radius 1 is 1.14 bits per heavy atom. The van der Waals surface area contributed by atoms with Gasteiger partial charge >= 0.3 is 0 Å². The molecule has 148 valence electrons. The van der Waals surface area contributed by atoms with Crippen LogP contribution in [-0.2, 0) is 9.59 Å². The SMILES string of the molecule is CCOc1ccccc1N1C[C@H](C(=O)NCCOc2ccc(C)cc2)CC1=O. The van der Waals surface area contributed by atoms with E-state index in [1.54, 1.807) is 4.90 Å². The van der Waals surface area contributed by atoms with Crippen molar-refractivity contribution >= 4 is 17.5 Å². The van der Waals surface area contributed by atoms with Gasteiger partial charge in [0.2, 0.25) is 11.8 Å². The summed E-state index contributed by atoms with van der Waals surface area (Å²) >= 11 is 0. The van der Waals surface area contributed by atoms with E-state index in [1.807, 2.05) is 62.4 Å². The molecule has 3 rings (SSSR count). The molecule has 28 heavy (non-hydrogen) atoms. The van der Waals surface area contributed by atoms with Gasteiger partial charge in [-0.1, -0.05) is 29.8 Å². The minimum atomic E-state index is -0.374. The number of hydrogen-bond acceptors (Lipinski definition) is 4. The van der Waals surface area contributed by atoms with Gasteiger partial charge in [0, 0.05) is 13.0 Å². The number of hydrogen-bond donors (Lipinski definition) is 1. The van der Waals surface area contributed by atoms with Crippen LogP contribution in [0.15, 0.2) is 48.5 Å². The van der Waals surface area contributed by atoms with Crippen LogP contribution in [0.1, 0.15) is 18.9 Å². The Labute approximate surface area is 165 Å². The molecule has 2 amide bonds. The Bertz CT molecular complexity index is 820. The molecule has 0 spiro atoms. The number of anilines is 1. The maximum Gasteiger partial charge on any atom is 0.227 e. The summed E-state index contributed by atoms with van der Waals surface area (Å²) in [5, 5.41) is 2.86. The van der Waals surface area contributed by atoms with E-state index < -0.39 is 0 Å². The molecule has 0 unspecified atom stereocenters. The van der Waals surface area contributed by atoms with Gasteiger partial charge in [-0.25, -0.2) is 0 Å². The predicted molar refractivity (Wildman–Crippen MR) is 108 cm³/mol. The molecule has 0 aliphatic carbocycles. The second-order valence-electron chi connectivity index (χ2n) is 6.76. The number of carbonyl (C=O) groups excluding carboxylic acids is 2. The first-order valence-electron chi connectivity index (χ1n) is 9.58. The minimum absolute atomic E-state index is 0.0665. The average molecular weight is 382 g/mol. The topological polar surface area (TPSA) is 67.9 Å². The van der Waals surface area contributed by atoms with E-state index in [9.17, 15) is 9.59 Å². The molecule has 6 nitrogen and oxygen atoms in total. The van der Waals surface area contributed by atoms with Crippen LogP contribution in [0.25, 0.3) is 0 Å². The van der Waals surface area contributed by atoms with Crippen molar-refractivity contribution in [3.05, 3.63) is 54.1 Å². The molecule has 0 saturated carbocycles. The molecule has 1 fully saturated rings. The lowest BCUT2D eigenvalue weighted by molar-refractivity contribution is -0.126. The zero-order valence-corrected chi connectivity index (χ0v) is 16.3. The lowest BCUT2D eigenvalue weighted by Crippen LogP contribution is -2.35. The van der Waals surface area contributed by atoms with E-state index in [0.717, 1.165) is 5.75 Å². The summed E-state index contributed by atoms with van der Waals surface area (Å²) in [6.45, 7) is 5.57. The summed E-state index contributed by atoms with van der Waals surface area (Å²) in [6.07, 6.45) is 0.200. The first-order chi connectivity index (χ1) is 13.6. The predicted octanol–water partition coefficient (Wildman–Crippen LogP) is 2.94. The van der Waals surface area contributed by atoms with Crippen LogP contribution >= 0.6 is 0 Å². The largest absolute Gasteiger partial charge is 0.492 e. The Morgan fingerprint density at radius 3 is 2.64 bits per heavy atom. The number of amides is 2. The maximum atomic E-state index is 12.5. The highest BCUT2D eigenvalue weighted by Gasteiger charge is 2.36. The molecule has 2 aromatic carbocycles. The number of benzene rings is 2. The van der Waals surface area contributed by atoms with E-state index in [4.69, 9.17) is 9.47 Å². The van der Waals surface area contributed by atoms with Crippen LogP contribution in [-0.4, -0.2) is 38.1 Å². The highest BCUT2D eigenvalue weighted by Crippen LogP contribution is 2.33. The molecule has 0 bridgehead atoms. The second-order valence-corrected chi connectivity index (χ2v) is 6.76. The second kappa shape index (κ2) is 9.26. The number of para-hydroxylation sites is 2. The molecular weight excluding hydrogens is 356 g/mol. The van der Waals surface area contributed by atoms with Crippen LogP contribution in [0.2, 0.25) is 0 Å². The smallest absolute Gasteiger partial charge is 0.227 e. The van der Waals surface area contributed by atoms with E-state index in [1.165, 1.54) is 5.56 Å². The normalized spacial score (nSPS) is 16.1. The maximum absolute atomic E-state index is 12.5. The lowest BCUT2D eigenvalue weighted by atomic mass is 10.1. The highest BCUT2D eigenvalue weighted by atomic mass is 16.5. The Balaban J connectivity index is 1.50. The van der Waals surface area contributed by atoms with Gasteiger partial charge in [-0.2, -0.15) is 0 Å². The van der Waals surface area contributed by atoms with Gasteiger partial charge in [0.15, 0.2) is 0 Å². The van der Waals surface area contributed by atoms with Crippen molar-refractivity contribution in [3.63, 3.8) is 0 Å². The summed E-state index contributed by atoms with van der Waals surface area (Å²) in [7, 11) is 0. The summed E-state index contributed by atoms with van der Waals surface area (Å²) < 4.78 is 11.2. The number of nitrogens with zero attached hydrogens (tertiary/aromatic N) is 1. The van der Waals surface area contributed by atoms with Gasteiger partial charge in [0.25, 0.3) is 0 Å². The monoisotopic (exact) mass is 382 g/mol. The van der Waals surface area contributed by atoms with Gasteiger partial charge in [0.05, 0.1) is 24.8 Å². The summed E-state index contributed by atoms with van der Waals surface area (Å²) in [6, 6.07) is 15.2. The Hall–Kier alpha value is -3.02. The molecule has 2 aromatic rings. The first kappa shape index (κ1) is 19.7. The molecule has 1 aliphatic heterocycles. The molecule has 6 heteroatoms. The number of aryl methyl sites for hydroxylation is 1. The highest BCUT2D eigenvalue weighted by molar-refractivity contribution is 6.01. The summed E-state index contributed by atoms with van der Waals surface area (Å²) in [4.78, 5) is 26.5. The fourth-order valence-corrected chi connectivity index (χ4v) is 3.20. The van der Waals surface area contributed by atoms with Gasteiger partial charge in [0.1, 0.15) is 18.1 Å². The van der Waals surface area contributed by atoms with Crippen LogP contribution in [0, 0.1) is 12.8 Å². The molecule has 1 saturated heterocycles. The van der Waals surface area contributed by atoms with Crippen molar-refractivity contribution in [1.82, 2.24) is 5.32 Å². The molecule has 1 heterocycles. The molecule has 1 N–H and O–H groups in total. The van der Waals surface area contributed by atoms with Crippen molar-refractivity contribution in [3.8, 4) is 11.5 Å². The van der Waals surface area contributed by atoms with Crippen LogP contribution in [0.4, 0.5) is 5.69 Å². The number of rotatable bonds is 8. The van der Waals surface area contributed by atoms with Gasteiger partial charge in [-0.15, -0.1) is 0 Å². The van der Waals surface area contributed by atoms with E-state index in [-0.39, 0.29) is 24.2 Å². The van der Waals surface area contributed by atoms with Crippen molar-refractivity contribution in [1.29, 1.82) is 0 Å². The fourth-order valence-electron chi connectivity index (χ4n) is 3.20. The van der Waals surface area contributed by atoms with Crippen molar-refractivity contribution in [2.45, 2.75) is 20.3 Å². The third-order valence-corrected chi connectivity index (χ3v) is 4.64. The lowest BCUT2D eigenvalue weighted by Gasteiger charge is -2.20. The van der Waals surface area contributed by atoms with Crippen molar-refractivity contribution < 1.29 is 19.1 Å². The third kappa shape index (κ3) is 4.82.